The molecule has 1 aromatic rings. The Labute approximate surface area is 146 Å². The summed E-state index contributed by atoms with van der Waals surface area (Å²) < 4.78 is 65.8. The zero-order valence-electron chi connectivity index (χ0n) is 12.7. The van der Waals surface area contributed by atoms with E-state index in [-0.39, 0.29) is 42.8 Å². The molecule has 3 rings (SSSR count). The fourth-order valence-corrected chi connectivity index (χ4v) is 2.52. The van der Waals surface area contributed by atoms with Crippen molar-refractivity contribution in [3.8, 4) is 17.2 Å². The minimum Gasteiger partial charge on any atom is -0.454 e. The Bertz CT molecular complexity index is 648. The Morgan fingerprint density at radius 3 is 2.64 bits per heavy atom. The molecule has 0 radical (unpaired) electrons. The van der Waals surface area contributed by atoms with Gasteiger partial charge in [-0.05, 0) is 6.07 Å². The highest BCUT2D eigenvalue weighted by Gasteiger charge is 2.42. The predicted molar refractivity (Wildman–Crippen MR) is 79.6 cm³/mol. The number of hydrogen-bond donors (Lipinski definition) is 2. The van der Waals surface area contributed by atoms with E-state index in [2.05, 4.69) is 15.4 Å². The average molecular weight is 387 g/mol. The van der Waals surface area contributed by atoms with Gasteiger partial charge in [-0.25, -0.2) is 8.78 Å². The van der Waals surface area contributed by atoms with Gasteiger partial charge >= 0.3 is 6.61 Å². The molecule has 1 unspecified atom stereocenters. The van der Waals surface area contributed by atoms with E-state index in [0.717, 1.165) is 0 Å². The van der Waals surface area contributed by atoms with Crippen molar-refractivity contribution >= 4 is 18.3 Å². The van der Waals surface area contributed by atoms with Gasteiger partial charge in [0.25, 0.3) is 5.92 Å². The summed E-state index contributed by atoms with van der Waals surface area (Å²) in [4.78, 5) is 11.9. The van der Waals surface area contributed by atoms with Crippen LogP contribution in [0.4, 0.5) is 17.6 Å². The molecule has 1 aromatic carbocycles. The van der Waals surface area contributed by atoms with Gasteiger partial charge in [0.1, 0.15) is 5.75 Å². The van der Waals surface area contributed by atoms with Crippen molar-refractivity contribution in [3.63, 3.8) is 0 Å². The van der Waals surface area contributed by atoms with Crippen LogP contribution in [0.5, 0.6) is 17.2 Å². The first kappa shape index (κ1) is 19.4. The lowest BCUT2D eigenvalue weighted by Crippen LogP contribution is -2.40. The monoisotopic (exact) mass is 386 g/mol. The van der Waals surface area contributed by atoms with E-state index < -0.39 is 37.4 Å². The lowest BCUT2D eigenvalue weighted by Gasteiger charge is -2.14. The van der Waals surface area contributed by atoms with Crippen molar-refractivity contribution in [1.29, 1.82) is 0 Å². The largest absolute Gasteiger partial charge is 0.454 e. The van der Waals surface area contributed by atoms with Crippen molar-refractivity contribution in [1.82, 2.24) is 10.6 Å². The molecule has 1 amide bonds. The molecule has 0 aliphatic carbocycles. The molecule has 2 aliphatic rings. The molecule has 1 atom stereocenters. The zero-order chi connectivity index (χ0) is 17.3. The van der Waals surface area contributed by atoms with Gasteiger partial charge in [-0.2, -0.15) is 8.78 Å². The molecule has 2 aliphatic heterocycles. The van der Waals surface area contributed by atoms with Gasteiger partial charge in [-0.3, -0.25) is 10.1 Å². The molecule has 0 spiro atoms. The Hall–Kier alpha value is -1.94. The first-order valence-electron chi connectivity index (χ1n) is 7.10. The summed E-state index contributed by atoms with van der Waals surface area (Å²) in [6.07, 6.45) is -0.611. The molecule has 0 aromatic heterocycles. The maximum atomic E-state index is 13.1. The summed E-state index contributed by atoms with van der Waals surface area (Å²) in [5.74, 6) is -3.19. The second-order valence-corrected chi connectivity index (χ2v) is 5.40. The Kier molecular flexibility index (Phi) is 5.83. The van der Waals surface area contributed by atoms with Crippen molar-refractivity contribution in [3.05, 3.63) is 17.7 Å². The van der Waals surface area contributed by atoms with E-state index in [1.54, 1.807) is 0 Å². The maximum Gasteiger partial charge on any atom is 0.387 e. The molecule has 0 bridgehead atoms. The van der Waals surface area contributed by atoms with Crippen molar-refractivity contribution < 1.29 is 36.6 Å². The van der Waals surface area contributed by atoms with Crippen molar-refractivity contribution in [2.45, 2.75) is 31.5 Å². The topological polar surface area (TPSA) is 68.8 Å². The molecule has 11 heteroatoms. The Morgan fingerprint density at radius 1 is 1.36 bits per heavy atom. The molecule has 2 heterocycles. The number of rotatable bonds is 5. The van der Waals surface area contributed by atoms with E-state index in [1.807, 2.05) is 0 Å². The van der Waals surface area contributed by atoms with Crippen LogP contribution in [0, 0.1) is 0 Å². The number of ether oxygens (including phenoxy) is 3. The van der Waals surface area contributed by atoms with Crippen LogP contribution in [0.25, 0.3) is 0 Å². The molecule has 1 fully saturated rings. The zero-order valence-corrected chi connectivity index (χ0v) is 13.5. The molecular weight excluding hydrogens is 372 g/mol. The standard InChI is InChI=1S/C14H14F4N2O4.ClH/c15-13(16)24-9-2-11-10(22-6-23-11)1-7(9)4-19-12(21)8-3-14(17,18)5-20-8;/h1-2,8,13,20H,3-6H2,(H,19,21);1H. The number of nitrogens with one attached hydrogen (secondary N) is 2. The third-order valence-corrected chi connectivity index (χ3v) is 3.65. The molecule has 140 valence electrons. The summed E-state index contributed by atoms with van der Waals surface area (Å²) in [6.45, 7) is -3.87. The molecule has 25 heavy (non-hydrogen) atoms. The van der Waals surface area contributed by atoms with Gasteiger partial charge in [0.15, 0.2) is 11.5 Å². The quantitative estimate of drug-likeness (QED) is 0.758. The summed E-state index contributed by atoms with van der Waals surface area (Å²) in [7, 11) is 0. The highest BCUT2D eigenvalue weighted by Crippen LogP contribution is 2.38. The van der Waals surface area contributed by atoms with Crippen LogP contribution in [-0.2, 0) is 11.3 Å². The van der Waals surface area contributed by atoms with Crippen LogP contribution in [0.1, 0.15) is 12.0 Å². The number of fused-ring (bicyclic) bond motifs is 1. The summed E-state index contributed by atoms with van der Waals surface area (Å²) in [5.41, 5.74) is 0.220. The molecule has 2 N–H and O–H groups in total. The molecule has 1 saturated heterocycles. The van der Waals surface area contributed by atoms with E-state index >= 15 is 0 Å². The van der Waals surface area contributed by atoms with Gasteiger partial charge in [0.2, 0.25) is 12.7 Å². The predicted octanol–water partition coefficient (Wildman–Crippen LogP) is 2.05. The number of alkyl halides is 4. The minimum atomic E-state index is -3.06. The van der Waals surface area contributed by atoms with Crippen LogP contribution in [0.2, 0.25) is 0 Å². The lowest BCUT2D eigenvalue weighted by atomic mass is 10.1. The summed E-state index contributed by atoms with van der Waals surface area (Å²) in [5, 5.41) is 4.84. The average Bonchev–Trinajstić information content (AvgIpc) is 3.09. The molecule has 6 nitrogen and oxygen atoms in total. The molecule has 0 saturated carbocycles. The van der Waals surface area contributed by atoms with Gasteiger partial charge in [-0.1, -0.05) is 0 Å². The summed E-state index contributed by atoms with van der Waals surface area (Å²) >= 11 is 0. The number of carbonyl (C=O) groups excluding carboxylic acids is 1. The highest BCUT2D eigenvalue weighted by molar-refractivity contribution is 5.85. The van der Waals surface area contributed by atoms with E-state index in [9.17, 15) is 22.4 Å². The second-order valence-electron chi connectivity index (χ2n) is 5.40. The van der Waals surface area contributed by atoms with E-state index in [4.69, 9.17) is 9.47 Å². The maximum absolute atomic E-state index is 13.1. The third kappa shape index (κ3) is 4.57. The highest BCUT2D eigenvalue weighted by atomic mass is 35.5. The van der Waals surface area contributed by atoms with Crippen LogP contribution < -0.4 is 24.8 Å². The van der Waals surface area contributed by atoms with Gasteiger partial charge in [0, 0.05) is 24.6 Å². The first-order valence-corrected chi connectivity index (χ1v) is 7.10. The minimum absolute atomic E-state index is 0. The number of hydrogen-bond acceptors (Lipinski definition) is 5. The van der Waals surface area contributed by atoms with Crippen LogP contribution in [-0.4, -0.2) is 37.8 Å². The van der Waals surface area contributed by atoms with E-state index in [1.165, 1.54) is 12.1 Å². The van der Waals surface area contributed by atoms with Crippen LogP contribution in [0.15, 0.2) is 12.1 Å². The second kappa shape index (κ2) is 7.52. The number of benzene rings is 1. The van der Waals surface area contributed by atoms with Gasteiger partial charge in [-0.15, -0.1) is 12.4 Å². The Balaban J connectivity index is 0.00000225. The number of amides is 1. The van der Waals surface area contributed by atoms with Gasteiger partial charge in [0.05, 0.1) is 12.6 Å². The van der Waals surface area contributed by atoms with Crippen molar-refractivity contribution in [2.24, 2.45) is 0 Å². The Morgan fingerprint density at radius 2 is 2.04 bits per heavy atom. The first-order chi connectivity index (χ1) is 11.3. The lowest BCUT2D eigenvalue weighted by molar-refractivity contribution is -0.123. The van der Waals surface area contributed by atoms with Crippen molar-refractivity contribution in [2.75, 3.05) is 13.3 Å². The summed E-state index contributed by atoms with van der Waals surface area (Å²) in [6, 6.07) is 1.60. The normalized spacial score (nSPS) is 20.3. The van der Waals surface area contributed by atoms with E-state index in [0.29, 0.717) is 5.75 Å². The number of carbonyl (C=O) groups is 1. The van der Waals surface area contributed by atoms with Gasteiger partial charge < -0.3 is 19.5 Å². The van der Waals surface area contributed by atoms with Crippen LogP contribution in [0.3, 0.4) is 0 Å². The number of halogens is 5. The SMILES string of the molecule is Cl.O=C(NCc1cc2c(cc1OC(F)F)OCO2)C1CC(F)(F)CN1. The van der Waals surface area contributed by atoms with Crippen LogP contribution >= 0.6 is 12.4 Å². The fourth-order valence-electron chi connectivity index (χ4n) is 2.52. The molecular formula is C14H15ClF4N2O4. The fraction of sp³-hybridized carbons (Fsp3) is 0.500. The smallest absolute Gasteiger partial charge is 0.387 e. The third-order valence-electron chi connectivity index (χ3n) is 3.65.